The van der Waals surface area contributed by atoms with E-state index in [1.165, 1.54) is 4.90 Å². The van der Waals surface area contributed by atoms with Gasteiger partial charge in [-0.2, -0.15) is 13.2 Å². The van der Waals surface area contributed by atoms with E-state index in [0.717, 1.165) is 4.57 Å². The van der Waals surface area contributed by atoms with Crippen LogP contribution < -0.4 is 0 Å². The third kappa shape index (κ3) is 3.27. The number of hydrogen-bond donors (Lipinski definition) is 0. The van der Waals surface area contributed by atoms with Crippen molar-refractivity contribution in [2.24, 2.45) is 0 Å². The number of rotatable bonds is 0. The Kier molecular flexibility index (Phi) is 3.63. The summed E-state index contributed by atoms with van der Waals surface area (Å²) in [6.07, 6.45) is -5.13. The number of hydrogen-bond acceptors (Lipinski definition) is 4. The van der Waals surface area contributed by atoms with Crippen LogP contribution in [0.2, 0.25) is 0 Å². The molecule has 118 valence electrons. The molecule has 0 aromatic carbocycles. The predicted molar refractivity (Wildman–Crippen MR) is 66.3 cm³/mol. The second kappa shape index (κ2) is 4.88. The summed E-state index contributed by atoms with van der Waals surface area (Å²) in [5, 5.41) is 6.71. The third-order valence-electron chi connectivity index (χ3n) is 3.00. The maximum Gasteiger partial charge on any atom is 0.451 e. The molecule has 0 spiro atoms. The standard InChI is InChI=1S/C12H17F3N4O2/c1-7-5-19-8(16-17-9(19)12(13,14)15)6-18(7)10(20)21-11(2,3)4/h7H,5-6H2,1-4H3. The maximum absolute atomic E-state index is 12.8. The first-order valence-electron chi connectivity index (χ1n) is 6.48. The van der Waals surface area contributed by atoms with Crippen molar-refractivity contribution in [2.75, 3.05) is 0 Å². The van der Waals surface area contributed by atoms with Gasteiger partial charge in [0.1, 0.15) is 5.60 Å². The fraction of sp³-hybridized carbons (Fsp3) is 0.750. The maximum atomic E-state index is 12.8. The van der Waals surface area contributed by atoms with Gasteiger partial charge >= 0.3 is 12.3 Å². The van der Waals surface area contributed by atoms with Crippen LogP contribution in [0.3, 0.4) is 0 Å². The van der Waals surface area contributed by atoms with Gasteiger partial charge in [0, 0.05) is 6.54 Å². The van der Waals surface area contributed by atoms with E-state index < -0.39 is 29.7 Å². The van der Waals surface area contributed by atoms with Crippen molar-refractivity contribution in [3.8, 4) is 0 Å². The van der Waals surface area contributed by atoms with Crippen molar-refractivity contribution >= 4 is 6.09 Å². The van der Waals surface area contributed by atoms with Crippen LogP contribution in [0.1, 0.15) is 39.3 Å². The highest BCUT2D eigenvalue weighted by Crippen LogP contribution is 2.30. The second-order valence-corrected chi connectivity index (χ2v) is 6.01. The molecule has 1 aliphatic rings. The van der Waals surface area contributed by atoms with Gasteiger partial charge in [-0.25, -0.2) is 4.79 Å². The van der Waals surface area contributed by atoms with Gasteiger partial charge in [-0.05, 0) is 27.7 Å². The normalized spacial score (nSPS) is 19.4. The molecule has 1 amide bonds. The molecule has 0 radical (unpaired) electrons. The fourth-order valence-electron chi connectivity index (χ4n) is 2.09. The lowest BCUT2D eigenvalue weighted by molar-refractivity contribution is -0.148. The molecule has 1 aromatic rings. The quantitative estimate of drug-likeness (QED) is 0.738. The average Bonchev–Trinajstić information content (AvgIpc) is 2.67. The first kappa shape index (κ1) is 15.6. The number of fused-ring (bicyclic) bond motifs is 1. The van der Waals surface area contributed by atoms with E-state index in [1.807, 2.05) is 0 Å². The van der Waals surface area contributed by atoms with E-state index in [2.05, 4.69) is 10.2 Å². The number of carbonyl (C=O) groups is 1. The number of carbonyl (C=O) groups excluding carboxylic acids is 1. The molecule has 0 fully saturated rings. The number of ether oxygens (including phenoxy) is 1. The number of aromatic nitrogens is 3. The Balaban J connectivity index is 2.22. The molecule has 9 heteroatoms. The van der Waals surface area contributed by atoms with Gasteiger partial charge in [-0.3, -0.25) is 4.90 Å². The summed E-state index contributed by atoms with van der Waals surface area (Å²) in [5.74, 6) is -0.931. The second-order valence-electron chi connectivity index (χ2n) is 6.01. The zero-order valence-electron chi connectivity index (χ0n) is 12.2. The molecule has 0 saturated carbocycles. The minimum Gasteiger partial charge on any atom is -0.444 e. The lowest BCUT2D eigenvalue weighted by Crippen LogP contribution is -2.47. The van der Waals surface area contributed by atoms with E-state index in [1.54, 1.807) is 27.7 Å². The van der Waals surface area contributed by atoms with Gasteiger partial charge in [0.05, 0.1) is 12.6 Å². The van der Waals surface area contributed by atoms with Crippen LogP contribution in [0.5, 0.6) is 0 Å². The Morgan fingerprint density at radius 3 is 2.43 bits per heavy atom. The molecule has 0 saturated heterocycles. The molecule has 2 rings (SSSR count). The van der Waals surface area contributed by atoms with Crippen LogP contribution in [0.25, 0.3) is 0 Å². The lowest BCUT2D eigenvalue weighted by atomic mass is 10.2. The van der Waals surface area contributed by atoms with Crippen LogP contribution in [0, 0.1) is 0 Å². The van der Waals surface area contributed by atoms with E-state index in [-0.39, 0.29) is 18.9 Å². The zero-order chi connectivity index (χ0) is 16.0. The Labute approximate surface area is 119 Å². The lowest BCUT2D eigenvalue weighted by Gasteiger charge is -2.35. The van der Waals surface area contributed by atoms with Crippen LogP contribution in [0.15, 0.2) is 0 Å². The third-order valence-corrected chi connectivity index (χ3v) is 3.00. The van der Waals surface area contributed by atoms with Gasteiger partial charge < -0.3 is 9.30 Å². The molecular formula is C12H17F3N4O2. The summed E-state index contributed by atoms with van der Waals surface area (Å²) in [6.45, 7) is 6.76. The number of nitrogens with zero attached hydrogens (tertiary/aromatic N) is 4. The Morgan fingerprint density at radius 2 is 1.90 bits per heavy atom. The summed E-state index contributed by atoms with van der Waals surface area (Å²) in [5.41, 5.74) is -0.668. The highest BCUT2D eigenvalue weighted by atomic mass is 19.4. The molecule has 2 heterocycles. The van der Waals surface area contributed by atoms with Gasteiger partial charge in [-0.15, -0.1) is 10.2 Å². The summed E-state index contributed by atoms with van der Waals surface area (Å²) < 4.78 is 44.6. The molecular weight excluding hydrogens is 289 g/mol. The summed E-state index contributed by atoms with van der Waals surface area (Å²) in [4.78, 5) is 13.4. The monoisotopic (exact) mass is 306 g/mol. The highest BCUT2D eigenvalue weighted by Gasteiger charge is 2.41. The molecule has 0 bridgehead atoms. The summed E-state index contributed by atoms with van der Waals surface area (Å²) in [7, 11) is 0. The summed E-state index contributed by atoms with van der Waals surface area (Å²) >= 11 is 0. The predicted octanol–water partition coefficient (Wildman–Crippen LogP) is 2.44. The van der Waals surface area contributed by atoms with Crippen molar-refractivity contribution in [1.82, 2.24) is 19.7 Å². The highest BCUT2D eigenvalue weighted by molar-refractivity contribution is 5.68. The van der Waals surface area contributed by atoms with Crippen molar-refractivity contribution in [2.45, 2.75) is 58.6 Å². The van der Waals surface area contributed by atoms with Crippen LogP contribution in [-0.2, 0) is 24.0 Å². The van der Waals surface area contributed by atoms with Crippen LogP contribution in [0.4, 0.5) is 18.0 Å². The Bertz CT molecular complexity index is 548. The van der Waals surface area contributed by atoms with E-state index in [9.17, 15) is 18.0 Å². The molecule has 1 aliphatic heterocycles. The molecule has 1 unspecified atom stereocenters. The van der Waals surface area contributed by atoms with Crippen molar-refractivity contribution < 1.29 is 22.7 Å². The molecule has 6 nitrogen and oxygen atoms in total. The average molecular weight is 306 g/mol. The van der Waals surface area contributed by atoms with Crippen LogP contribution in [-0.4, -0.2) is 37.4 Å². The van der Waals surface area contributed by atoms with E-state index in [0.29, 0.717) is 0 Å². The van der Waals surface area contributed by atoms with Crippen molar-refractivity contribution in [1.29, 1.82) is 0 Å². The number of amides is 1. The first-order valence-corrected chi connectivity index (χ1v) is 6.48. The smallest absolute Gasteiger partial charge is 0.444 e. The van der Waals surface area contributed by atoms with Gasteiger partial charge in [-0.1, -0.05) is 0 Å². The molecule has 0 aliphatic carbocycles. The Hall–Kier alpha value is -1.80. The topological polar surface area (TPSA) is 60.2 Å². The fourth-order valence-corrected chi connectivity index (χ4v) is 2.09. The first-order chi connectivity index (χ1) is 9.49. The molecule has 1 atom stereocenters. The number of halogens is 3. The molecule has 21 heavy (non-hydrogen) atoms. The Morgan fingerprint density at radius 1 is 1.29 bits per heavy atom. The minimum absolute atomic E-state index is 0.0174. The molecule has 0 N–H and O–H groups in total. The van der Waals surface area contributed by atoms with E-state index >= 15 is 0 Å². The van der Waals surface area contributed by atoms with Gasteiger partial charge in [0.15, 0.2) is 5.82 Å². The van der Waals surface area contributed by atoms with Gasteiger partial charge in [0.2, 0.25) is 5.82 Å². The SMILES string of the molecule is CC1Cn2c(nnc2C(F)(F)F)CN1C(=O)OC(C)(C)C. The van der Waals surface area contributed by atoms with Crippen LogP contribution >= 0.6 is 0 Å². The van der Waals surface area contributed by atoms with Gasteiger partial charge in [0.25, 0.3) is 0 Å². The van der Waals surface area contributed by atoms with Crippen molar-refractivity contribution in [3.63, 3.8) is 0 Å². The zero-order valence-corrected chi connectivity index (χ0v) is 12.2. The van der Waals surface area contributed by atoms with E-state index in [4.69, 9.17) is 4.74 Å². The largest absolute Gasteiger partial charge is 0.451 e. The number of alkyl halides is 3. The van der Waals surface area contributed by atoms with Crippen molar-refractivity contribution in [3.05, 3.63) is 11.6 Å². The molecule has 1 aromatic heterocycles. The summed E-state index contributed by atoms with van der Waals surface area (Å²) in [6, 6.07) is -0.440. The minimum atomic E-state index is -4.56.